The third-order valence-electron chi connectivity index (χ3n) is 2.95. The van der Waals surface area contributed by atoms with Crippen molar-refractivity contribution in [3.63, 3.8) is 0 Å². The van der Waals surface area contributed by atoms with E-state index in [2.05, 4.69) is 0 Å². The molecule has 0 aliphatic heterocycles. The topological polar surface area (TPSA) is 74.6 Å². The summed E-state index contributed by atoms with van der Waals surface area (Å²) >= 11 is 0. The molecule has 0 rings (SSSR count). The number of carbonyl (C=O) groups excluding carboxylic acids is 2. The Bertz CT molecular complexity index is 292. The number of aldehydes is 1. The van der Waals surface area contributed by atoms with Crippen LogP contribution in [0.2, 0.25) is 0 Å². The monoisotopic (exact) mass is 256 g/mol. The van der Waals surface area contributed by atoms with Crippen molar-refractivity contribution in [1.82, 2.24) is 0 Å². The summed E-state index contributed by atoms with van der Waals surface area (Å²) in [5.41, 5.74) is 1.20. The van der Waals surface area contributed by atoms with Crippen molar-refractivity contribution in [2.24, 2.45) is 11.8 Å². The highest BCUT2D eigenvalue weighted by atomic mass is 16.3. The van der Waals surface area contributed by atoms with E-state index in [0.717, 1.165) is 6.42 Å². The number of allylic oxidation sites excluding steroid dienone is 2. The summed E-state index contributed by atoms with van der Waals surface area (Å²) in [6, 6.07) is 0. The second kappa shape index (κ2) is 9.00. The average Bonchev–Trinajstić information content (AvgIpc) is 2.29. The molecule has 3 atom stereocenters. The largest absolute Gasteiger partial charge is 0.396 e. The van der Waals surface area contributed by atoms with Crippen LogP contribution in [0, 0.1) is 11.8 Å². The molecule has 0 bridgehead atoms. The molecule has 0 fully saturated rings. The zero-order valence-electron chi connectivity index (χ0n) is 11.4. The van der Waals surface area contributed by atoms with Gasteiger partial charge in [0.2, 0.25) is 0 Å². The number of aliphatic hydroxyl groups excluding tert-OH is 2. The van der Waals surface area contributed by atoms with Gasteiger partial charge >= 0.3 is 0 Å². The van der Waals surface area contributed by atoms with Crippen LogP contribution in [0.3, 0.4) is 0 Å². The summed E-state index contributed by atoms with van der Waals surface area (Å²) in [7, 11) is 0. The fraction of sp³-hybridized carbons (Fsp3) is 0.714. The van der Waals surface area contributed by atoms with Gasteiger partial charge in [0.1, 0.15) is 12.1 Å². The fourth-order valence-corrected chi connectivity index (χ4v) is 1.75. The second-order valence-electron chi connectivity index (χ2n) is 4.90. The molecule has 0 saturated carbocycles. The zero-order valence-corrected chi connectivity index (χ0v) is 11.4. The molecule has 0 saturated heterocycles. The van der Waals surface area contributed by atoms with Gasteiger partial charge in [-0.05, 0) is 33.1 Å². The number of ketones is 1. The van der Waals surface area contributed by atoms with Gasteiger partial charge in [-0.3, -0.25) is 4.79 Å². The smallest absolute Gasteiger partial charge is 0.148 e. The number of hydrogen-bond acceptors (Lipinski definition) is 4. The summed E-state index contributed by atoms with van der Waals surface area (Å²) < 4.78 is 0. The first-order valence-electron chi connectivity index (χ1n) is 6.35. The van der Waals surface area contributed by atoms with Crippen LogP contribution in [0.25, 0.3) is 0 Å². The van der Waals surface area contributed by atoms with E-state index in [1.165, 1.54) is 5.57 Å². The van der Waals surface area contributed by atoms with Crippen LogP contribution in [0.15, 0.2) is 11.6 Å². The first kappa shape index (κ1) is 17.0. The van der Waals surface area contributed by atoms with E-state index in [0.29, 0.717) is 12.7 Å². The molecule has 0 spiro atoms. The third kappa shape index (κ3) is 6.07. The minimum absolute atomic E-state index is 0.0514. The number of hydrogen-bond donors (Lipinski definition) is 2. The van der Waals surface area contributed by atoms with Crippen molar-refractivity contribution in [3.8, 4) is 0 Å². The van der Waals surface area contributed by atoms with E-state index >= 15 is 0 Å². The van der Waals surface area contributed by atoms with Gasteiger partial charge in [-0.2, -0.15) is 0 Å². The van der Waals surface area contributed by atoms with Gasteiger partial charge in [-0.1, -0.05) is 18.6 Å². The molecular weight excluding hydrogens is 232 g/mol. The van der Waals surface area contributed by atoms with E-state index in [-0.39, 0.29) is 24.7 Å². The van der Waals surface area contributed by atoms with Crippen LogP contribution in [-0.2, 0) is 9.59 Å². The maximum atomic E-state index is 12.0. The Labute approximate surface area is 109 Å². The lowest BCUT2D eigenvalue weighted by Crippen LogP contribution is -2.33. The predicted octanol–water partition coefficient (Wildman–Crippen LogP) is 1.50. The first-order valence-corrected chi connectivity index (χ1v) is 6.35. The molecule has 3 unspecified atom stereocenters. The van der Waals surface area contributed by atoms with Crippen molar-refractivity contribution in [1.29, 1.82) is 0 Å². The standard InChI is InChI=1S/C14H24O4/c1-10(2)5-4-6-11(3)14(18)12(9-16)13(17)7-8-15/h5,9,11-13,15,17H,4,6-8H2,1-3H3. The van der Waals surface area contributed by atoms with Crippen LogP contribution in [0.1, 0.15) is 40.0 Å². The van der Waals surface area contributed by atoms with Crippen LogP contribution in [0.5, 0.6) is 0 Å². The Balaban J connectivity index is 4.40. The normalized spacial score (nSPS) is 15.6. The van der Waals surface area contributed by atoms with Gasteiger partial charge < -0.3 is 15.0 Å². The van der Waals surface area contributed by atoms with Crippen molar-refractivity contribution in [2.45, 2.75) is 46.1 Å². The van der Waals surface area contributed by atoms with E-state index in [4.69, 9.17) is 5.11 Å². The Hall–Kier alpha value is -1.00. The number of Topliss-reactive ketones (excluding diaryl/α,β-unsaturated/α-hetero) is 1. The van der Waals surface area contributed by atoms with Gasteiger partial charge in [0, 0.05) is 12.5 Å². The number of rotatable bonds is 9. The van der Waals surface area contributed by atoms with Crippen molar-refractivity contribution < 1.29 is 19.8 Å². The van der Waals surface area contributed by atoms with Crippen molar-refractivity contribution in [2.75, 3.05) is 6.61 Å². The van der Waals surface area contributed by atoms with Gasteiger partial charge in [0.05, 0.1) is 12.0 Å². The molecule has 0 aromatic heterocycles. The summed E-state index contributed by atoms with van der Waals surface area (Å²) in [6.45, 7) is 5.52. The van der Waals surface area contributed by atoms with E-state index in [9.17, 15) is 14.7 Å². The second-order valence-corrected chi connectivity index (χ2v) is 4.90. The molecule has 4 heteroatoms. The summed E-state index contributed by atoms with van der Waals surface area (Å²) in [5.74, 6) is -1.52. The van der Waals surface area contributed by atoms with E-state index in [1.54, 1.807) is 6.92 Å². The Morgan fingerprint density at radius 2 is 1.89 bits per heavy atom. The zero-order chi connectivity index (χ0) is 14.1. The number of carbonyl (C=O) groups is 2. The van der Waals surface area contributed by atoms with Crippen LogP contribution in [-0.4, -0.2) is 35.0 Å². The predicted molar refractivity (Wildman–Crippen MR) is 70.1 cm³/mol. The van der Waals surface area contributed by atoms with Crippen LogP contribution < -0.4 is 0 Å². The molecule has 18 heavy (non-hydrogen) atoms. The summed E-state index contributed by atoms with van der Waals surface area (Å²) in [4.78, 5) is 22.8. The molecule has 0 aliphatic carbocycles. The molecule has 0 aromatic rings. The van der Waals surface area contributed by atoms with Crippen molar-refractivity contribution >= 4 is 12.1 Å². The molecule has 2 N–H and O–H groups in total. The van der Waals surface area contributed by atoms with E-state index < -0.39 is 12.0 Å². The third-order valence-corrected chi connectivity index (χ3v) is 2.95. The van der Waals surface area contributed by atoms with Crippen LogP contribution >= 0.6 is 0 Å². The lowest BCUT2D eigenvalue weighted by molar-refractivity contribution is -0.134. The molecule has 104 valence electrons. The van der Waals surface area contributed by atoms with Gasteiger partial charge in [-0.25, -0.2) is 0 Å². The van der Waals surface area contributed by atoms with Crippen molar-refractivity contribution in [3.05, 3.63) is 11.6 Å². The summed E-state index contributed by atoms with van der Waals surface area (Å²) in [5, 5.41) is 18.3. The summed E-state index contributed by atoms with van der Waals surface area (Å²) in [6.07, 6.45) is 2.96. The molecule has 4 nitrogen and oxygen atoms in total. The van der Waals surface area contributed by atoms with Gasteiger partial charge in [-0.15, -0.1) is 0 Å². The van der Waals surface area contributed by atoms with Crippen LogP contribution in [0.4, 0.5) is 0 Å². The average molecular weight is 256 g/mol. The Kier molecular flexibility index (Phi) is 8.50. The maximum Gasteiger partial charge on any atom is 0.148 e. The minimum atomic E-state index is -1.08. The molecule has 0 radical (unpaired) electrons. The maximum absolute atomic E-state index is 12.0. The van der Waals surface area contributed by atoms with Gasteiger partial charge in [0.25, 0.3) is 0 Å². The van der Waals surface area contributed by atoms with Gasteiger partial charge in [0.15, 0.2) is 0 Å². The molecule has 0 aromatic carbocycles. The SMILES string of the molecule is CC(C)=CCCC(C)C(=O)C(C=O)C(O)CCO. The fourth-order valence-electron chi connectivity index (χ4n) is 1.75. The number of aliphatic hydroxyl groups is 2. The van der Waals surface area contributed by atoms with E-state index in [1.807, 2.05) is 19.9 Å². The quantitative estimate of drug-likeness (QED) is 0.372. The molecular formula is C14H24O4. The first-order chi connectivity index (χ1) is 8.43. The minimum Gasteiger partial charge on any atom is -0.396 e. The highest BCUT2D eigenvalue weighted by Crippen LogP contribution is 2.17. The highest BCUT2D eigenvalue weighted by Gasteiger charge is 2.29. The highest BCUT2D eigenvalue weighted by molar-refractivity contribution is 5.95. The molecule has 0 amide bonds. The molecule has 0 aliphatic rings. The Morgan fingerprint density at radius 1 is 1.28 bits per heavy atom. The Morgan fingerprint density at radius 3 is 2.33 bits per heavy atom. The molecule has 0 heterocycles. The lowest BCUT2D eigenvalue weighted by atomic mass is 9.87. The lowest BCUT2D eigenvalue weighted by Gasteiger charge is -2.19.